The highest BCUT2D eigenvalue weighted by molar-refractivity contribution is 6.30. The first-order valence-corrected chi connectivity index (χ1v) is 7.16. The zero-order valence-corrected chi connectivity index (χ0v) is 12.4. The number of hydrogen-bond donors (Lipinski definition) is 2. The first-order valence-electron chi connectivity index (χ1n) is 6.78. The molecule has 1 aromatic carbocycles. The van der Waals surface area contributed by atoms with E-state index in [1.807, 2.05) is 12.1 Å². The first-order chi connectivity index (χ1) is 10.6. The number of hydrogen-bond acceptors (Lipinski definition) is 3. The number of halogens is 1. The Balaban J connectivity index is 1.62. The Morgan fingerprint density at radius 2 is 2.05 bits per heavy atom. The maximum atomic E-state index is 11.9. The summed E-state index contributed by atoms with van der Waals surface area (Å²) in [6, 6.07) is 10.5. The lowest BCUT2D eigenvalue weighted by atomic mass is 10.1. The predicted octanol–water partition coefficient (Wildman–Crippen LogP) is 2.55. The molecule has 0 unspecified atom stereocenters. The molecule has 0 aliphatic carbocycles. The summed E-state index contributed by atoms with van der Waals surface area (Å²) in [5.74, 6) is 0.0184. The van der Waals surface area contributed by atoms with Crippen molar-refractivity contribution < 1.29 is 9.90 Å². The van der Waals surface area contributed by atoms with Gasteiger partial charge in [-0.1, -0.05) is 23.7 Å². The highest BCUT2D eigenvalue weighted by atomic mass is 35.5. The molecule has 0 fully saturated rings. The number of imidazole rings is 1. The van der Waals surface area contributed by atoms with E-state index in [9.17, 15) is 9.90 Å². The van der Waals surface area contributed by atoms with Gasteiger partial charge in [0.1, 0.15) is 0 Å². The van der Waals surface area contributed by atoms with Crippen LogP contribution in [0.25, 0.3) is 5.65 Å². The van der Waals surface area contributed by atoms with Gasteiger partial charge in [0.05, 0.1) is 18.7 Å². The second-order valence-electron chi connectivity index (χ2n) is 4.94. The van der Waals surface area contributed by atoms with Gasteiger partial charge in [-0.25, -0.2) is 4.98 Å². The van der Waals surface area contributed by atoms with Crippen molar-refractivity contribution in [1.29, 1.82) is 0 Å². The van der Waals surface area contributed by atoms with Gasteiger partial charge in [0, 0.05) is 17.4 Å². The standard InChI is InChI=1S/C16H14ClN3O2/c17-12-5-3-11(4-6-12)8-15(22)18-9-13-10-20-7-1-2-14(21)16(20)19-13/h1-7,10,21H,8-9H2,(H,18,22). The highest BCUT2D eigenvalue weighted by Crippen LogP contribution is 2.16. The van der Waals surface area contributed by atoms with Gasteiger partial charge in [-0.15, -0.1) is 0 Å². The Morgan fingerprint density at radius 3 is 2.77 bits per heavy atom. The van der Waals surface area contributed by atoms with Crippen LogP contribution in [-0.4, -0.2) is 20.4 Å². The predicted molar refractivity (Wildman–Crippen MR) is 83.9 cm³/mol. The molecule has 0 aliphatic heterocycles. The van der Waals surface area contributed by atoms with Crippen molar-refractivity contribution in [3.63, 3.8) is 0 Å². The van der Waals surface area contributed by atoms with Crippen molar-refractivity contribution in [2.45, 2.75) is 13.0 Å². The summed E-state index contributed by atoms with van der Waals surface area (Å²) in [6.45, 7) is 0.313. The number of aromatic hydroxyl groups is 1. The topological polar surface area (TPSA) is 66.6 Å². The molecule has 6 heteroatoms. The smallest absolute Gasteiger partial charge is 0.224 e. The van der Waals surface area contributed by atoms with E-state index >= 15 is 0 Å². The van der Waals surface area contributed by atoms with Gasteiger partial charge in [-0.05, 0) is 29.8 Å². The van der Waals surface area contributed by atoms with Crippen molar-refractivity contribution >= 4 is 23.2 Å². The van der Waals surface area contributed by atoms with Crippen LogP contribution in [0.5, 0.6) is 5.75 Å². The van der Waals surface area contributed by atoms with E-state index in [4.69, 9.17) is 11.6 Å². The fraction of sp³-hybridized carbons (Fsp3) is 0.125. The van der Waals surface area contributed by atoms with Crippen LogP contribution < -0.4 is 5.32 Å². The van der Waals surface area contributed by atoms with Crippen LogP contribution in [0.2, 0.25) is 5.02 Å². The van der Waals surface area contributed by atoms with E-state index in [0.29, 0.717) is 22.9 Å². The van der Waals surface area contributed by atoms with E-state index < -0.39 is 0 Å². The quantitative estimate of drug-likeness (QED) is 0.777. The summed E-state index contributed by atoms with van der Waals surface area (Å²) < 4.78 is 1.72. The van der Waals surface area contributed by atoms with Gasteiger partial charge in [-0.2, -0.15) is 0 Å². The lowest BCUT2D eigenvalue weighted by Gasteiger charge is -2.03. The Bertz CT molecular complexity index is 812. The molecule has 0 spiro atoms. The van der Waals surface area contributed by atoms with E-state index in [1.54, 1.807) is 41.1 Å². The number of carbonyl (C=O) groups excluding carboxylic acids is 1. The minimum Gasteiger partial charge on any atom is -0.504 e. The molecule has 112 valence electrons. The molecule has 2 heterocycles. The number of rotatable bonds is 4. The average molecular weight is 316 g/mol. The second kappa shape index (κ2) is 6.07. The number of nitrogens with zero attached hydrogens (tertiary/aromatic N) is 2. The largest absolute Gasteiger partial charge is 0.504 e. The lowest BCUT2D eigenvalue weighted by molar-refractivity contribution is -0.120. The summed E-state index contributed by atoms with van der Waals surface area (Å²) in [5.41, 5.74) is 2.06. The summed E-state index contributed by atoms with van der Waals surface area (Å²) in [7, 11) is 0. The summed E-state index contributed by atoms with van der Waals surface area (Å²) in [4.78, 5) is 16.2. The number of benzene rings is 1. The van der Waals surface area contributed by atoms with E-state index in [0.717, 1.165) is 5.56 Å². The summed E-state index contributed by atoms with van der Waals surface area (Å²) in [5, 5.41) is 13.2. The average Bonchev–Trinajstić information content (AvgIpc) is 2.92. The molecular weight excluding hydrogens is 302 g/mol. The van der Waals surface area contributed by atoms with Gasteiger partial charge in [0.2, 0.25) is 5.91 Å². The van der Waals surface area contributed by atoms with Crippen molar-refractivity contribution in [2.24, 2.45) is 0 Å². The number of aromatic nitrogens is 2. The van der Waals surface area contributed by atoms with Crippen LogP contribution in [0.4, 0.5) is 0 Å². The number of fused-ring (bicyclic) bond motifs is 1. The zero-order valence-electron chi connectivity index (χ0n) is 11.7. The highest BCUT2D eigenvalue weighted by Gasteiger charge is 2.07. The van der Waals surface area contributed by atoms with Crippen LogP contribution >= 0.6 is 11.6 Å². The monoisotopic (exact) mass is 315 g/mol. The Kier molecular flexibility index (Phi) is 3.98. The van der Waals surface area contributed by atoms with Gasteiger partial charge < -0.3 is 14.8 Å². The van der Waals surface area contributed by atoms with Gasteiger partial charge in [-0.3, -0.25) is 4.79 Å². The minimum absolute atomic E-state index is 0.0939. The molecule has 0 aliphatic rings. The first kappa shape index (κ1) is 14.4. The fourth-order valence-corrected chi connectivity index (χ4v) is 2.30. The molecule has 3 aromatic rings. The Hall–Kier alpha value is -2.53. The molecule has 0 bridgehead atoms. The third kappa shape index (κ3) is 3.20. The molecule has 2 N–H and O–H groups in total. The molecule has 1 amide bonds. The van der Waals surface area contributed by atoms with E-state index in [2.05, 4.69) is 10.3 Å². The molecule has 2 aromatic heterocycles. The third-order valence-corrected chi connectivity index (χ3v) is 3.51. The zero-order chi connectivity index (χ0) is 15.5. The van der Waals surface area contributed by atoms with Crippen LogP contribution in [0, 0.1) is 0 Å². The number of amides is 1. The Morgan fingerprint density at radius 1 is 1.27 bits per heavy atom. The molecule has 5 nitrogen and oxygen atoms in total. The lowest BCUT2D eigenvalue weighted by Crippen LogP contribution is -2.24. The molecule has 0 saturated carbocycles. The molecule has 22 heavy (non-hydrogen) atoms. The van der Waals surface area contributed by atoms with Crippen molar-refractivity contribution in [1.82, 2.24) is 14.7 Å². The normalized spacial score (nSPS) is 10.8. The molecule has 3 rings (SSSR count). The van der Waals surface area contributed by atoms with Crippen LogP contribution in [-0.2, 0) is 17.8 Å². The maximum absolute atomic E-state index is 11.9. The minimum atomic E-state index is -0.0939. The van der Waals surface area contributed by atoms with Crippen LogP contribution in [0.15, 0.2) is 48.8 Å². The third-order valence-electron chi connectivity index (χ3n) is 3.26. The maximum Gasteiger partial charge on any atom is 0.224 e. The van der Waals surface area contributed by atoms with Gasteiger partial charge >= 0.3 is 0 Å². The SMILES string of the molecule is O=C(Cc1ccc(Cl)cc1)NCc1cn2cccc(O)c2n1. The number of pyridine rings is 1. The molecule has 0 radical (unpaired) electrons. The van der Waals surface area contributed by atoms with Crippen molar-refractivity contribution in [2.75, 3.05) is 0 Å². The molecular formula is C16H14ClN3O2. The van der Waals surface area contributed by atoms with Gasteiger partial charge in [0.15, 0.2) is 11.4 Å². The van der Waals surface area contributed by atoms with Crippen molar-refractivity contribution in [3.05, 3.63) is 65.1 Å². The number of carbonyl (C=O) groups is 1. The van der Waals surface area contributed by atoms with Crippen LogP contribution in [0.1, 0.15) is 11.3 Å². The van der Waals surface area contributed by atoms with E-state index in [-0.39, 0.29) is 18.1 Å². The summed E-state index contributed by atoms with van der Waals surface area (Å²) >= 11 is 5.81. The molecule has 0 atom stereocenters. The Labute approximate surface area is 132 Å². The van der Waals surface area contributed by atoms with Gasteiger partial charge in [0.25, 0.3) is 0 Å². The summed E-state index contributed by atoms with van der Waals surface area (Å²) in [6.07, 6.45) is 3.86. The number of nitrogens with one attached hydrogen (secondary N) is 1. The molecule has 0 saturated heterocycles. The second-order valence-corrected chi connectivity index (χ2v) is 5.37. The fourth-order valence-electron chi connectivity index (χ4n) is 2.17. The van der Waals surface area contributed by atoms with E-state index in [1.165, 1.54) is 0 Å². The van der Waals surface area contributed by atoms with Crippen LogP contribution in [0.3, 0.4) is 0 Å². The van der Waals surface area contributed by atoms with Crippen molar-refractivity contribution in [3.8, 4) is 5.75 Å².